The van der Waals surface area contributed by atoms with Crippen LogP contribution < -0.4 is 0 Å². The lowest BCUT2D eigenvalue weighted by Gasteiger charge is -2.12. The summed E-state index contributed by atoms with van der Waals surface area (Å²) in [4.78, 5) is 19.9. The van der Waals surface area contributed by atoms with Crippen LogP contribution in [0.25, 0.3) is 88.5 Å². The standard InChI is InChI=1S/C38H22N4O/c1-2-10-24(11-3-1)36-40-37(42-38(41-36)35-34-31-13-6-7-16-32(31)43-33(34)21-22-39-35)30-15-8-14-26-28-18-17-23-9-4-5-12-25(23)27(28)19-20-29(26)30/h1-22H. The average Bonchev–Trinajstić information content (AvgIpc) is 3.47. The normalized spacial score (nSPS) is 11.7. The monoisotopic (exact) mass is 550 g/mol. The Morgan fingerprint density at radius 2 is 1.09 bits per heavy atom. The van der Waals surface area contributed by atoms with Gasteiger partial charge >= 0.3 is 0 Å². The third-order valence-corrected chi connectivity index (χ3v) is 8.19. The van der Waals surface area contributed by atoms with Crippen LogP contribution in [-0.4, -0.2) is 19.9 Å². The first-order chi connectivity index (χ1) is 21.3. The number of furan rings is 1. The van der Waals surface area contributed by atoms with Crippen molar-refractivity contribution in [1.82, 2.24) is 19.9 Å². The molecule has 0 fully saturated rings. The van der Waals surface area contributed by atoms with Crippen molar-refractivity contribution in [3.8, 4) is 34.3 Å². The van der Waals surface area contributed by atoms with Crippen LogP contribution in [0.1, 0.15) is 0 Å². The van der Waals surface area contributed by atoms with Crippen LogP contribution in [0.3, 0.4) is 0 Å². The summed E-state index contributed by atoms with van der Waals surface area (Å²) in [7, 11) is 0. The summed E-state index contributed by atoms with van der Waals surface area (Å²) in [6.45, 7) is 0. The molecule has 0 bridgehead atoms. The molecular formula is C38H22N4O. The van der Waals surface area contributed by atoms with Crippen molar-refractivity contribution in [3.05, 3.63) is 134 Å². The highest BCUT2D eigenvalue weighted by molar-refractivity contribution is 6.19. The van der Waals surface area contributed by atoms with Gasteiger partial charge in [0.05, 0.1) is 5.39 Å². The van der Waals surface area contributed by atoms with Crippen molar-refractivity contribution in [1.29, 1.82) is 0 Å². The van der Waals surface area contributed by atoms with Gasteiger partial charge in [-0.1, -0.05) is 115 Å². The molecule has 9 rings (SSSR count). The van der Waals surface area contributed by atoms with Crippen LogP contribution in [0.4, 0.5) is 0 Å². The largest absolute Gasteiger partial charge is 0.456 e. The highest BCUT2D eigenvalue weighted by Gasteiger charge is 2.20. The Kier molecular flexibility index (Phi) is 5.13. The summed E-state index contributed by atoms with van der Waals surface area (Å²) in [6, 6.07) is 43.6. The summed E-state index contributed by atoms with van der Waals surface area (Å²) in [5.41, 5.74) is 4.07. The molecule has 43 heavy (non-hydrogen) atoms. The fourth-order valence-electron chi connectivity index (χ4n) is 6.21. The van der Waals surface area contributed by atoms with Crippen LogP contribution in [0.5, 0.6) is 0 Å². The third-order valence-electron chi connectivity index (χ3n) is 8.19. The molecule has 6 aromatic carbocycles. The Balaban J connectivity index is 1.33. The number of fused-ring (bicyclic) bond motifs is 8. The van der Waals surface area contributed by atoms with E-state index in [0.29, 0.717) is 23.2 Å². The molecule has 0 spiro atoms. The first-order valence-corrected chi connectivity index (χ1v) is 14.2. The van der Waals surface area contributed by atoms with Crippen molar-refractivity contribution < 1.29 is 4.42 Å². The summed E-state index contributed by atoms with van der Waals surface area (Å²) >= 11 is 0. The molecule has 5 nitrogen and oxygen atoms in total. The van der Waals surface area contributed by atoms with Gasteiger partial charge in [-0.3, -0.25) is 4.98 Å². The highest BCUT2D eigenvalue weighted by atomic mass is 16.3. The molecule has 0 aliphatic carbocycles. The Morgan fingerprint density at radius 1 is 0.419 bits per heavy atom. The second-order valence-corrected chi connectivity index (χ2v) is 10.7. The average molecular weight is 551 g/mol. The van der Waals surface area contributed by atoms with Crippen LogP contribution in [0, 0.1) is 0 Å². The van der Waals surface area contributed by atoms with E-state index in [1.54, 1.807) is 6.20 Å². The van der Waals surface area contributed by atoms with Gasteiger partial charge in [0.2, 0.25) is 0 Å². The maximum absolute atomic E-state index is 6.16. The van der Waals surface area contributed by atoms with E-state index in [1.807, 2.05) is 60.7 Å². The molecule has 0 aliphatic rings. The first kappa shape index (κ1) is 23.7. The first-order valence-electron chi connectivity index (χ1n) is 14.2. The molecule has 3 aromatic heterocycles. The second kappa shape index (κ2) is 9.29. The Labute approximate surface area is 246 Å². The molecule has 0 unspecified atom stereocenters. The fourth-order valence-corrected chi connectivity index (χ4v) is 6.21. The van der Waals surface area contributed by atoms with Crippen molar-refractivity contribution in [2.75, 3.05) is 0 Å². The minimum Gasteiger partial charge on any atom is -0.456 e. The third kappa shape index (κ3) is 3.72. The predicted molar refractivity (Wildman–Crippen MR) is 174 cm³/mol. The van der Waals surface area contributed by atoms with Gasteiger partial charge in [-0.15, -0.1) is 0 Å². The van der Waals surface area contributed by atoms with E-state index in [-0.39, 0.29) is 0 Å². The fraction of sp³-hybridized carbons (Fsp3) is 0. The molecule has 0 saturated heterocycles. The van der Waals surface area contributed by atoms with Crippen molar-refractivity contribution in [2.24, 2.45) is 0 Å². The molecule has 0 aliphatic heterocycles. The van der Waals surface area contributed by atoms with Crippen LogP contribution in [-0.2, 0) is 0 Å². The number of hydrogen-bond donors (Lipinski definition) is 0. The number of aromatic nitrogens is 4. The van der Waals surface area contributed by atoms with Gasteiger partial charge in [0.15, 0.2) is 17.5 Å². The molecule has 5 heteroatoms. The molecular weight excluding hydrogens is 528 g/mol. The lowest BCUT2D eigenvalue weighted by Crippen LogP contribution is -2.01. The molecule has 9 aromatic rings. The van der Waals surface area contributed by atoms with Gasteiger partial charge in [-0.05, 0) is 44.5 Å². The topological polar surface area (TPSA) is 64.7 Å². The van der Waals surface area contributed by atoms with Crippen LogP contribution >= 0.6 is 0 Å². The van der Waals surface area contributed by atoms with E-state index in [9.17, 15) is 0 Å². The maximum atomic E-state index is 6.16. The number of rotatable bonds is 3. The van der Waals surface area contributed by atoms with E-state index in [4.69, 9.17) is 24.4 Å². The van der Waals surface area contributed by atoms with Crippen LogP contribution in [0.2, 0.25) is 0 Å². The van der Waals surface area contributed by atoms with Gasteiger partial charge in [-0.25, -0.2) is 15.0 Å². The molecule has 0 N–H and O–H groups in total. The van der Waals surface area contributed by atoms with Gasteiger partial charge in [0.25, 0.3) is 0 Å². The number of pyridine rings is 1. The highest BCUT2D eigenvalue weighted by Crippen LogP contribution is 2.38. The van der Waals surface area contributed by atoms with Gasteiger partial charge in [0, 0.05) is 22.7 Å². The van der Waals surface area contributed by atoms with E-state index in [0.717, 1.165) is 43.8 Å². The predicted octanol–water partition coefficient (Wildman–Crippen LogP) is 9.63. The van der Waals surface area contributed by atoms with E-state index in [1.165, 1.54) is 21.5 Å². The number of hydrogen-bond acceptors (Lipinski definition) is 5. The number of para-hydroxylation sites is 1. The zero-order valence-corrected chi connectivity index (χ0v) is 22.9. The van der Waals surface area contributed by atoms with E-state index in [2.05, 4.69) is 66.7 Å². The minimum atomic E-state index is 0.504. The lowest BCUT2D eigenvalue weighted by atomic mass is 9.95. The van der Waals surface area contributed by atoms with Crippen molar-refractivity contribution in [3.63, 3.8) is 0 Å². The number of nitrogens with zero attached hydrogens (tertiary/aromatic N) is 4. The molecule has 3 heterocycles. The van der Waals surface area contributed by atoms with Crippen LogP contribution in [0.15, 0.2) is 138 Å². The summed E-state index contributed by atoms with van der Waals surface area (Å²) in [5.74, 6) is 1.70. The molecule has 0 amide bonds. The second-order valence-electron chi connectivity index (χ2n) is 10.7. The summed E-state index contributed by atoms with van der Waals surface area (Å²) in [6.07, 6.45) is 1.75. The smallest absolute Gasteiger partial charge is 0.183 e. The molecule has 0 saturated carbocycles. The van der Waals surface area contributed by atoms with Gasteiger partial charge < -0.3 is 4.42 Å². The Bertz CT molecular complexity index is 2520. The maximum Gasteiger partial charge on any atom is 0.183 e. The Hall–Kier alpha value is -5.94. The van der Waals surface area contributed by atoms with Gasteiger partial charge in [0.1, 0.15) is 16.9 Å². The van der Waals surface area contributed by atoms with E-state index >= 15 is 0 Å². The lowest BCUT2D eigenvalue weighted by molar-refractivity contribution is 0.668. The summed E-state index contributed by atoms with van der Waals surface area (Å²) < 4.78 is 6.16. The quantitative estimate of drug-likeness (QED) is 0.205. The Morgan fingerprint density at radius 3 is 2.02 bits per heavy atom. The van der Waals surface area contributed by atoms with Gasteiger partial charge in [-0.2, -0.15) is 0 Å². The zero-order chi connectivity index (χ0) is 28.3. The summed E-state index contributed by atoms with van der Waals surface area (Å²) in [5, 5.41) is 9.02. The van der Waals surface area contributed by atoms with Crippen molar-refractivity contribution >= 4 is 54.3 Å². The number of benzene rings is 6. The van der Waals surface area contributed by atoms with E-state index < -0.39 is 0 Å². The molecule has 0 atom stereocenters. The molecule has 200 valence electrons. The minimum absolute atomic E-state index is 0.504. The van der Waals surface area contributed by atoms with Crippen molar-refractivity contribution in [2.45, 2.75) is 0 Å². The SMILES string of the molecule is c1ccc(-c2nc(-c3cccc4c3ccc3c5ccccc5ccc43)nc(-c3nccc4oc5ccccc5c34)n2)cc1. The zero-order valence-electron chi connectivity index (χ0n) is 22.9. The molecule has 0 radical (unpaired) electrons.